The van der Waals surface area contributed by atoms with Crippen LogP contribution in [0.4, 0.5) is 0 Å². The Morgan fingerprint density at radius 1 is 1.17 bits per heavy atom. The summed E-state index contributed by atoms with van der Waals surface area (Å²) in [4.78, 5) is 12.1. The van der Waals surface area contributed by atoms with E-state index in [4.69, 9.17) is 9.97 Å². The van der Waals surface area contributed by atoms with Crippen LogP contribution in [0.25, 0.3) is 11.0 Å². The highest BCUT2D eigenvalue weighted by molar-refractivity contribution is 5.75. The van der Waals surface area contributed by atoms with Crippen molar-refractivity contribution in [1.82, 2.24) is 24.0 Å². The van der Waals surface area contributed by atoms with E-state index in [0.29, 0.717) is 6.04 Å². The second-order valence-corrected chi connectivity index (χ2v) is 6.56. The molecule has 3 aromatic rings. The fraction of sp³-hybridized carbons (Fsp3) is 0.444. The molecule has 23 heavy (non-hydrogen) atoms. The Bertz CT molecular complexity index is 844. The molecule has 1 atom stereocenters. The molecule has 1 saturated heterocycles. The standard InChI is InChI=1S/C18H23N5/c1-13-11-21(2)18(19-13)16-9-6-10-23(16)12-17-20-14-7-4-5-8-15(14)22(17)3/h4-5,7-8,11,16H,6,9-10,12H2,1-3H3/t16-/m1/s1. The van der Waals surface area contributed by atoms with Gasteiger partial charge in [-0.15, -0.1) is 0 Å². The normalized spacial score (nSPS) is 19.0. The third kappa shape index (κ3) is 2.45. The maximum absolute atomic E-state index is 4.83. The molecule has 0 unspecified atom stereocenters. The predicted molar refractivity (Wildman–Crippen MR) is 91.0 cm³/mol. The molecule has 0 N–H and O–H groups in total. The summed E-state index contributed by atoms with van der Waals surface area (Å²) < 4.78 is 4.39. The number of rotatable bonds is 3. The number of benzene rings is 1. The van der Waals surface area contributed by atoms with Crippen LogP contribution in [0, 0.1) is 6.92 Å². The molecule has 5 heteroatoms. The molecule has 0 amide bonds. The molecule has 0 radical (unpaired) electrons. The van der Waals surface area contributed by atoms with E-state index >= 15 is 0 Å². The minimum absolute atomic E-state index is 0.397. The van der Waals surface area contributed by atoms with E-state index in [0.717, 1.165) is 30.1 Å². The van der Waals surface area contributed by atoms with Crippen LogP contribution in [0.5, 0.6) is 0 Å². The van der Waals surface area contributed by atoms with Gasteiger partial charge in [-0.3, -0.25) is 4.90 Å². The second kappa shape index (κ2) is 5.49. The number of hydrogen-bond acceptors (Lipinski definition) is 3. The highest BCUT2D eigenvalue weighted by Gasteiger charge is 2.30. The maximum atomic E-state index is 4.83. The molecule has 1 fully saturated rings. The minimum atomic E-state index is 0.397. The van der Waals surface area contributed by atoms with Crippen molar-refractivity contribution in [3.63, 3.8) is 0 Å². The Labute approximate surface area is 136 Å². The van der Waals surface area contributed by atoms with E-state index in [-0.39, 0.29) is 0 Å². The summed E-state index contributed by atoms with van der Waals surface area (Å²) in [7, 11) is 4.21. The Morgan fingerprint density at radius 2 is 2.00 bits per heavy atom. The van der Waals surface area contributed by atoms with Crippen LogP contribution >= 0.6 is 0 Å². The number of likely N-dealkylation sites (tertiary alicyclic amines) is 1. The number of aryl methyl sites for hydroxylation is 3. The molecule has 0 aliphatic carbocycles. The zero-order chi connectivity index (χ0) is 16.0. The third-order valence-electron chi connectivity index (χ3n) is 4.92. The second-order valence-electron chi connectivity index (χ2n) is 6.56. The first-order valence-corrected chi connectivity index (χ1v) is 8.28. The van der Waals surface area contributed by atoms with E-state index in [2.05, 4.69) is 65.5 Å². The van der Waals surface area contributed by atoms with Crippen LogP contribution in [-0.4, -0.2) is 30.5 Å². The van der Waals surface area contributed by atoms with Gasteiger partial charge in [-0.25, -0.2) is 9.97 Å². The van der Waals surface area contributed by atoms with Crippen molar-refractivity contribution in [2.24, 2.45) is 14.1 Å². The van der Waals surface area contributed by atoms with Gasteiger partial charge in [0.25, 0.3) is 0 Å². The maximum Gasteiger partial charge on any atom is 0.126 e. The molecule has 1 aliphatic heterocycles. The van der Waals surface area contributed by atoms with E-state index in [1.807, 2.05) is 0 Å². The van der Waals surface area contributed by atoms with Crippen molar-refractivity contribution in [1.29, 1.82) is 0 Å². The van der Waals surface area contributed by atoms with Gasteiger partial charge in [0, 0.05) is 20.3 Å². The Balaban J connectivity index is 1.64. The highest BCUT2D eigenvalue weighted by Crippen LogP contribution is 2.32. The quantitative estimate of drug-likeness (QED) is 0.746. The van der Waals surface area contributed by atoms with Gasteiger partial charge in [-0.2, -0.15) is 0 Å². The van der Waals surface area contributed by atoms with Crippen molar-refractivity contribution in [3.05, 3.63) is 47.8 Å². The lowest BCUT2D eigenvalue weighted by atomic mass is 10.2. The SMILES string of the molecule is Cc1cn(C)c([C@H]2CCCN2Cc2nc3ccccc3n2C)n1. The van der Waals surface area contributed by atoms with Gasteiger partial charge in [0.05, 0.1) is 29.3 Å². The summed E-state index contributed by atoms with van der Waals surface area (Å²) in [6.07, 6.45) is 4.51. The Kier molecular flexibility index (Phi) is 3.45. The average Bonchev–Trinajstić information content (AvgIpc) is 3.19. The van der Waals surface area contributed by atoms with Crippen LogP contribution in [0.3, 0.4) is 0 Å². The van der Waals surface area contributed by atoms with Crippen molar-refractivity contribution in [2.75, 3.05) is 6.54 Å². The molecular formula is C18H23N5. The summed E-state index contributed by atoms with van der Waals surface area (Å²) in [5.41, 5.74) is 3.37. The predicted octanol–water partition coefficient (Wildman–Crippen LogP) is 2.95. The zero-order valence-electron chi connectivity index (χ0n) is 14.0. The van der Waals surface area contributed by atoms with E-state index in [1.165, 1.54) is 24.2 Å². The van der Waals surface area contributed by atoms with E-state index in [9.17, 15) is 0 Å². The van der Waals surface area contributed by atoms with Crippen LogP contribution in [-0.2, 0) is 20.6 Å². The fourth-order valence-electron chi connectivity index (χ4n) is 3.77. The van der Waals surface area contributed by atoms with Crippen LogP contribution in [0.1, 0.15) is 36.2 Å². The van der Waals surface area contributed by atoms with Gasteiger partial charge in [0.2, 0.25) is 0 Å². The molecule has 1 aromatic carbocycles. The summed E-state index contributed by atoms with van der Waals surface area (Å²) >= 11 is 0. The molecule has 4 rings (SSSR count). The molecule has 0 spiro atoms. The number of para-hydroxylation sites is 2. The van der Waals surface area contributed by atoms with Crippen molar-refractivity contribution in [3.8, 4) is 0 Å². The van der Waals surface area contributed by atoms with Crippen LogP contribution in [0.2, 0.25) is 0 Å². The van der Waals surface area contributed by atoms with E-state index in [1.54, 1.807) is 0 Å². The van der Waals surface area contributed by atoms with Crippen LogP contribution in [0.15, 0.2) is 30.5 Å². The van der Waals surface area contributed by atoms with Crippen molar-refractivity contribution >= 4 is 11.0 Å². The van der Waals surface area contributed by atoms with Gasteiger partial charge in [0.15, 0.2) is 0 Å². The molecule has 0 bridgehead atoms. The Hall–Kier alpha value is -2.14. The largest absolute Gasteiger partial charge is 0.336 e. The molecule has 5 nitrogen and oxygen atoms in total. The number of aromatic nitrogens is 4. The smallest absolute Gasteiger partial charge is 0.126 e. The van der Waals surface area contributed by atoms with Gasteiger partial charge in [-0.1, -0.05) is 12.1 Å². The topological polar surface area (TPSA) is 38.9 Å². The van der Waals surface area contributed by atoms with Gasteiger partial charge < -0.3 is 9.13 Å². The molecule has 3 heterocycles. The minimum Gasteiger partial charge on any atom is -0.336 e. The summed E-state index contributed by atoms with van der Waals surface area (Å²) in [5, 5.41) is 0. The van der Waals surface area contributed by atoms with Gasteiger partial charge in [0.1, 0.15) is 11.6 Å². The first kappa shape index (κ1) is 14.5. The number of hydrogen-bond donors (Lipinski definition) is 0. The summed E-state index contributed by atoms with van der Waals surface area (Å²) in [5.74, 6) is 2.31. The lowest BCUT2D eigenvalue weighted by Crippen LogP contribution is -2.26. The molecule has 1 aliphatic rings. The van der Waals surface area contributed by atoms with Gasteiger partial charge >= 0.3 is 0 Å². The molecular weight excluding hydrogens is 286 g/mol. The third-order valence-corrected chi connectivity index (χ3v) is 4.92. The monoisotopic (exact) mass is 309 g/mol. The van der Waals surface area contributed by atoms with Crippen LogP contribution < -0.4 is 0 Å². The first-order valence-electron chi connectivity index (χ1n) is 8.28. The highest BCUT2D eigenvalue weighted by atomic mass is 15.2. The lowest BCUT2D eigenvalue weighted by molar-refractivity contribution is 0.229. The van der Waals surface area contributed by atoms with Crippen molar-refractivity contribution < 1.29 is 0 Å². The molecule has 2 aromatic heterocycles. The van der Waals surface area contributed by atoms with Crippen molar-refractivity contribution in [2.45, 2.75) is 32.4 Å². The van der Waals surface area contributed by atoms with Gasteiger partial charge in [-0.05, 0) is 38.4 Å². The number of imidazole rings is 2. The lowest BCUT2D eigenvalue weighted by Gasteiger charge is -2.23. The first-order chi connectivity index (χ1) is 11.1. The fourth-order valence-corrected chi connectivity index (χ4v) is 3.77. The number of fused-ring (bicyclic) bond motifs is 1. The summed E-state index contributed by atoms with van der Waals surface area (Å²) in [6, 6.07) is 8.74. The molecule has 120 valence electrons. The number of nitrogens with zero attached hydrogens (tertiary/aromatic N) is 5. The molecule has 0 saturated carbocycles. The zero-order valence-corrected chi connectivity index (χ0v) is 14.0. The Morgan fingerprint density at radius 3 is 2.74 bits per heavy atom. The van der Waals surface area contributed by atoms with E-state index < -0.39 is 0 Å². The summed E-state index contributed by atoms with van der Waals surface area (Å²) in [6.45, 7) is 4.05. The average molecular weight is 309 g/mol.